The second-order valence-corrected chi connectivity index (χ2v) is 7.14. The zero-order valence-corrected chi connectivity index (χ0v) is 14.1. The molecule has 0 aliphatic carbocycles. The van der Waals surface area contributed by atoms with Crippen LogP contribution in [0.1, 0.15) is 30.5 Å². The SMILES string of the molecule is CCOP(=O)(Cc1cccc(Cc2ccccc2)c1)OCC. The summed E-state index contributed by atoms with van der Waals surface area (Å²) in [5, 5.41) is 0. The minimum Gasteiger partial charge on any atom is -0.309 e. The van der Waals surface area contributed by atoms with Gasteiger partial charge in [0.2, 0.25) is 0 Å². The Morgan fingerprint density at radius 3 is 2.05 bits per heavy atom. The smallest absolute Gasteiger partial charge is 0.309 e. The first-order chi connectivity index (χ1) is 10.6. The van der Waals surface area contributed by atoms with Crippen LogP contribution in [0.2, 0.25) is 0 Å². The lowest BCUT2D eigenvalue weighted by molar-refractivity contribution is 0.219. The van der Waals surface area contributed by atoms with E-state index in [9.17, 15) is 4.57 Å². The van der Waals surface area contributed by atoms with Crippen LogP contribution in [-0.2, 0) is 26.2 Å². The molecule has 0 N–H and O–H groups in total. The highest BCUT2D eigenvalue weighted by Gasteiger charge is 2.23. The Morgan fingerprint density at radius 2 is 1.41 bits per heavy atom. The van der Waals surface area contributed by atoms with E-state index in [1.165, 1.54) is 11.1 Å². The van der Waals surface area contributed by atoms with Crippen LogP contribution in [0.4, 0.5) is 0 Å². The second kappa shape index (κ2) is 8.28. The fourth-order valence-electron chi connectivity index (χ4n) is 2.42. The lowest BCUT2D eigenvalue weighted by Gasteiger charge is -2.17. The summed E-state index contributed by atoms with van der Waals surface area (Å²) in [6.45, 7) is 4.44. The van der Waals surface area contributed by atoms with Crippen molar-refractivity contribution in [2.75, 3.05) is 13.2 Å². The van der Waals surface area contributed by atoms with Crippen molar-refractivity contribution < 1.29 is 13.6 Å². The van der Waals surface area contributed by atoms with Gasteiger partial charge in [-0.15, -0.1) is 0 Å². The van der Waals surface area contributed by atoms with Crippen LogP contribution in [0.5, 0.6) is 0 Å². The van der Waals surface area contributed by atoms with Gasteiger partial charge < -0.3 is 9.05 Å². The Morgan fingerprint density at radius 1 is 0.818 bits per heavy atom. The van der Waals surface area contributed by atoms with E-state index < -0.39 is 7.60 Å². The number of hydrogen-bond acceptors (Lipinski definition) is 3. The zero-order valence-electron chi connectivity index (χ0n) is 13.2. The van der Waals surface area contributed by atoms with E-state index in [-0.39, 0.29) is 0 Å². The van der Waals surface area contributed by atoms with Gasteiger partial charge in [-0.25, -0.2) is 0 Å². The molecular weight excluding hydrogens is 295 g/mol. The highest BCUT2D eigenvalue weighted by Crippen LogP contribution is 2.51. The molecule has 0 fully saturated rings. The van der Waals surface area contributed by atoms with Crippen molar-refractivity contribution in [2.45, 2.75) is 26.4 Å². The number of rotatable bonds is 8. The van der Waals surface area contributed by atoms with E-state index >= 15 is 0 Å². The first-order valence-corrected chi connectivity index (χ1v) is 9.38. The quantitative estimate of drug-likeness (QED) is 0.639. The van der Waals surface area contributed by atoms with Crippen LogP contribution in [0, 0.1) is 0 Å². The third-order valence-corrected chi connectivity index (χ3v) is 5.33. The van der Waals surface area contributed by atoms with E-state index in [1.54, 1.807) is 0 Å². The summed E-state index contributed by atoms with van der Waals surface area (Å²) < 4.78 is 23.3. The molecule has 118 valence electrons. The number of hydrogen-bond donors (Lipinski definition) is 0. The van der Waals surface area contributed by atoms with E-state index in [1.807, 2.05) is 44.2 Å². The molecule has 3 nitrogen and oxygen atoms in total. The Balaban J connectivity index is 2.12. The van der Waals surface area contributed by atoms with Crippen LogP contribution >= 0.6 is 7.60 Å². The zero-order chi connectivity index (χ0) is 15.8. The Hall–Kier alpha value is -1.41. The highest BCUT2D eigenvalue weighted by atomic mass is 31.2. The van der Waals surface area contributed by atoms with Gasteiger partial charge in [0.05, 0.1) is 19.4 Å². The van der Waals surface area contributed by atoms with E-state index in [4.69, 9.17) is 9.05 Å². The molecule has 0 aliphatic rings. The topological polar surface area (TPSA) is 35.5 Å². The third kappa shape index (κ3) is 5.10. The monoisotopic (exact) mass is 318 g/mol. The average molecular weight is 318 g/mol. The molecule has 0 aromatic heterocycles. The predicted molar refractivity (Wildman–Crippen MR) is 90.3 cm³/mol. The fourth-order valence-corrected chi connectivity index (χ4v) is 4.10. The lowest BCUT2D eigenvalue weighted by Crippen LogP contribution is -1.99. The Kier molecular flexibility index (Phi) is 6.38. The summed E-state index contributed by atoms with van der Waals surface area (Å²) in [7, 11) is -3.04. The minimum atomic E-state index is -3.04. The van der Waals surface area contributed by atoms with Crippen molar-refractivity contribution >= 4 is 7.60 Å². The van der Waals surface area contributed by atoms with Crippen molar-refractivity contribution in [3.63, 3.8) is 0 Å². The van der Waals surface area contributed by atoms with Crippen molar-refractivity contribution in [1.29, 1.82) is 0 Å². The third-order valence-electron chi connectivity index (χ3n) is 3.27. The van der Waals surface area contributed by atoms with Crippen LogP contribution in [0.25, 0.3) is 0 Å². The fraction of sp³-hybridized carbons (Fsp3) is 0.333. The molecule has 2 aromatic carbocycles. The molecule has 0 amide bonds. The van der Waals surface area contributed by atoms with E-state index in [0.29, 0.717) is 19.4 Å². The summed E-state index contributed by atoms with van der Waals surface area (Å²) in [5.41, 5.74) is 3.44. The minimum absolute atomic E-state index is 0.317. The van der Waals surface area contributed by atoms with Gasteiger partial charge >= 0.3 is 7.60 Å². The van der Waals surface area contributed by atoms with Crippen LogP contribution in [-0.4, -0.2) is 13.2 Å². The van der Waals surface area contributed by atoms with Crippen LogP contribution < -0.4 is 0 Å². The van der Waals surface area contributed by atoms with Gasteiger partial charge in [-0.1, -0.05) is 54.6 Å². The molecule has 0 atom stereocenters. The molecule has 0 bridgehead atoms. The molecule has 0 spiro atoms. The largest absolute Gasteiger partial charge is 0.335 e. The van der Waals surface area contributed by atoms with Crippen molar-refractivity contribution in [3.05, 3.63) is 71.3 Å². The Bertz CT molecular complexity index is 615. The maximum absolute atomic E-state index is 12.6. The maximum Gasteiger partial charge on any atom is 0.335 e. The molecule has 2 rings (SSSR count). The number of benzene rings is 2. The first kappa shape index (κ1) is 17.0. The summed E-state index contributed by atoms with van der Waals surface area (Å²) in [6, 6.07) is 18.4. The summed E-state index contributed by atoms with van der Waals surface area (Å²) >= 11 is 0. The molecule has 22 heavy (non-hydrogen) atoms. The molecule has 0 saturated heterocycles. The van der Waals surface area contributed by atoms with E-state index in [2.05, 4.69) is 24.3 Å². The average Bonchev–Trinajstić information content (AvgIpc) is 2.49. The molecule has 0 radical (unpaired) electrons. The van der Waals surface area contributed by atoms with Gasteiger partial charge in [-0.05, 0) is 37.0 Å². The predicted octanol–water partition coefficient (Wildman–Crippen LogP) is 5.04. The highest BCUT2D eigenvalue weighted by molar-refractivity contribution is 7.53. The lowest BCUT2D eigenvalue weighted by atomic mass is 10.0. The Labute approximate surface area is 132 Å². The standard InChI is InChI=1S/C18H23O3P/c1-3-20-22(19,21-4-2)15-18-12-8-11-17(14-18)13-16-9-6-5-7-10-16/h5-12,14H,3-4,13,15H2,1-2H3. The van der Waals surface area contributed by atoms with Gasteiger partial charge in [0.1, 0.15) is 0 Å². The normalized spacial score (nSPS) is 11.5. The summed E-state index contributed by atoms with van der Waals surface area (Å²) in [6.07, 6.45) is 1.18. The van der Waals surface area contributed by atoms with Gasteiger partial charge in [0.15, 0.2) is 0 Å². The maximum atomic E-state index is 12.6. The molecule has 2 aromatic rings. The van der Waals surface area contributed by atoms with E-state index in [0.717, 1.165) is 12.0 Å². The first-order valence-electron chi connectivity index (χ1n) is 7.65. The molecule has 0 aliphatic heterocycles. The van der Waals surface area contributed by atoms with Crippen LogP contribution in [0.15, 0.2) is 54.6 Å². The van der Waals surface area contributed by atoms with Crippen molar-refractivity contribution in [3.8, 4) is 0 Å². The van der Waals surface area contributed by atoms with Gasteiger partial charge in [0.25, 0.3) is 0 Å². The van der Waals surface area contributed by atoms with Crippen molar-refractivity contribution in [2.24, 2.45) is 0 Å². The van der Waals surface area contributed by atoms with Crippen LogP contribution in [0.3, 0.4) is 0 Å². The summed E-state index contributed by atoms with van der Waals surface area (Å²) in [4.78, 5) is 0. The summed E-state index contributed by atoms with van der Waals surface area (Å²) in [5.74, 6) is 0. The van der Waals surface area contributed by atoms with Crippen molar-refractivity contribution in [1.82, 2.24) is 0 Å². The molecule has 0 saturated carbocycles. The second-order valence-electron chi connectivity index (χ2n) is 5.09. The molecule has 4 heteroatoms. The van der Waals surface area contributed by atoms with Gasteiger partial charge in [-0.2, -0.15) is 0 Å². The van der Waals surface area contributed by atoms with Gasteiger partial charge in [0, 0.05) is 0 Å². The molecule has 0 unspecified atom stereocenters. The van der Waals surface area contributed by atoms with Gasteiger partial charge in [-0.3, -0.25) is 4.57 Å². The molecular formula is C18H23O3P. The molecule has 0 heterocycles.